The second-order valence-electron chi connectivity index (χ2n) is 10.3. The number of hydrogen-bond acceptors (Lipinski definition) is 4. The van der Waals surface area contributed by atoms with Gasteiger partial charge < -0.3 is 10.2 Å². The van der Waals surface area contributed by atoms with Crippen LogP contribution in [-0.2, 0) is 18.4 Å². The van der Waals surface area contributed by atoms with Crippen LogP contribution in [0.5, 0.6) is 0 Å². The first kappa shape index (κ1) is 23.1. The van der Waals surface area contributed by atoms with Gasteiger partial charge in [-0.25, -0.2) is 0 Å². The Morgan fingerprint density at radius 3 is 2.65 bits per heavy atom. The molecule has 0 saturated carbocycles. The van der Waals surface area contributed by atoms with E-state index in [4.69, 9.17) is 0 Å². The van der Waals surface area contributed by atoms with Gasteiger partial charge in [0.15, 0.2) is 0 Å². The van der Waals surface area contributed by atoms with Crippen LogP contribution in [-0.4, -0.2) is 63.1 Å². The van der Waals surface area contributed by atoms with Crippen molar-refractivity contribution in [3.8, 4) is 0 Å². The summed E-state index contributed by atoms with van der Waals surface area (Å²) in [6.45, 7) is 3.78. The van der Waals surface area contributed by atoms with E-state index in [0.29, 0.717) is 36.5 Å². The van der Waals surface area contributed by atoms with Gasteiger partial charge in [-0.05, 0) is 75.1 Å². The first-order valence-corrected chi connectivity index (χ1v) is 13.0. The molecule has 1 aromatic carbocycles. The number of benzene rings is 1. The molecule has 3 fully saturated rings. The second-order valence-corrected chi connectivity index (χ2v) is 10.3. The largest absolute Gasteiger partial charge is 0.352 e. The Hall–Kier alpha value is -2.67. The molecule has 1 aromatic heterocycles. The van der Waals surface area contributed by atoms with E-state index in [0.717, 1.165) is 24.9 Å². The van der Waals surface area contributed by atoms with Gasteiger partial charge in [-0.1, -0.05) is 30.3 Å². The van der Waals surface area contributed by atoms with Crippen LogP contribution in [0.4, 0.5) is 0 Å². The highest BCUT2D eigenvalue weighted by molar-refractivity contribution is 5.92. The minimum absolute atomic E-state index is 0.0880. The van der Waals surface area contributed by atoms with Crippen LogP contribution in [0.2, 0.25) is 0 Å². The molecule has 0 unspecified atom stereocenters. The van der Waals surface area contributed by atoms with Gasteiger partial charge in [-0.2, -0.15) is 5.10 Å². The molecular formula is C27H37N5O2. The van der Waals surface area contributed by atoms with E-state index >= 15 is 0 Å². The van der Waals surface area contributed by atoms with Gasteiger partial charge in [0.25, 0.3) is 5.91 Å². The number of rotatable bonds is 7. The third-order valence-corrected chi connectivity index (χ3v) is 8.21. The van der Waals surface area contributed by atoms with Gasteiger partial charge >= 0.3 is 0 Å². The Morgan fingerprint density at radius 2 is 1.88 bits per heavy atom. The van der Waals surface area contributed by atoms with E-state index in [1.807, 2.05) is 43.4 Å². The molecule has 2 amide bonds. The summed E-state index contributed by atoms with van der Waals surface area (Å²) in [6, 6.07) is 12.6. The Morgan fingerprint density at radius 1 is 1.09 bits per heavy atom. The van der Waals surface area contributed by atoms with Gasteiger partial charge in [-0.3, -0.25) is 19.2 Å². The predicted molar refractivity (Wildman–Crippen MR) is 131 cm³/mol. The maximum atomic E-state index is 13.7. The average Bonchev–Trinajstić information content (AvgIpc) is 3.30. The molecule has 3 aliphatic rings. The molecule has 34 heavy (non-hydrogen) atoms. The molecule has 0 spiro atoms. The minimum atomic E-state index is 0.0880. The number of likely N-dealkylation sites (tertiary alicyclic amines) is 1. The molecule has 4 heterocycles. The highest BCUT2D eigenvalue weighted by Gasteiger charge is 2.49. The zero-order valence-corrected chi connectivity index (χ0v) is 20.2. The fraction of sp³-hybridized carbons (Fsp3) is 0.593. The molecule has 3 aliphatic heterocycles. The maximum absolute atomic E-state index is 13.7. The fourth-order valence-electron chi connectivity index (χ4n) is 6.69. The summed E-state index contributed by atoms with van der Waals surface area (Å²) in [5.41, 5.74) is 1.77. The Labute approximate surface area is 202 Å². The molecule has 0 aliphatic carbocycles. The first-order chi connectivity index (χ1) is 16.6. The van der Waals surface area contributed by atoms with E-state index in [1.54, 1.807) is 10.9 Å². The Kier molecular flexibility index (Phi) is 6.99. The van der Waals surface area contributed by atoms with Gasteiger partial charge in [0, 0.05) is 44.8 Å². The number of aromatic nitrogens is 2. The summed E-state index contributed by atoms with van der Waals surface area (Å²) in [6.07, 6.45) is 8.71. The molecule has 7 heteroatoms. The number of carbonyl (C=O) groups is 2. The van der Waals surface area contributed by atoms with Gasteiger partial charge in [0.2, 0.25) is 5.91 Å². The smallest absolute Gasteiger partial charge is 0.272 e. The van der Waals surface area contributed by atoms with Crippen molar-refractivity contribution in [2.24, 2.45) is 18.9 Å². The summed E-state index contributed by atoms with van der Waals surface area (Å²) in [5.74, 6) is 1.24. The molecule has 1 N–H and O–H groups in total. The third-order valence-electron chi connectivity index (χ3n) is 8.21. The van der Waals surface area contributed by atoms with Crippen molar-refractivity contribution < 1.29 is 9.59 Å². The van der Waals surface area contributed by atoms with E-state index in [2.05, 4.69) is 20.2 Å². The van der Waals surface area contributed by atoms with Crippen LogP contribution in [0.25, 0.3) is 0 Å². The number of carbonyl (C=O) groups excluding carboxylic acids is 2. The molecule has 3 saturated heterocycles. The second kappa shape index (κ2) is 10.3. The Bertz CT molecular complexity index is 988. The molecule has 7 nitrogen and oxygen atoms in total. The highest BCUT2D eigenvalue weighted by atomic mass is 16.2. The average molecular weight is 464 g/mol. The molecule has 2 aromatic rings. The molecular weight excluding hydrogens is 426 g/mol. The quantitative estimate of drug-likeness (QED) is 0.685. The zero-order valence-electron chi connectivity index (χ0n) is 20.2. The third kappa shape index (κ3) is 4.76. The van der Waals surface area contributed by atoms with Crippen LogP contribution in [0.3, 0.4) is 0 Å². The lowest BCUT2D eigenvalue weighted by Crippen LogP contribution is -2.65. The van der Waals surface area contributed by atoms with Crippen molar-refractivity contribution in [1.82, 2.24) is 24.9 Å². The number of piperidine rings is 3. The molecule has 5 rings (SSSR count). The van der Waals surface area contributed by atoms with Crippen LogP contribution in [0, 0.1) is 11.8 Å². The summed E-state index contributed by atoms with van der Waals surface area (Å²) in [4.78, 5) is 31.0. The topological polar surface area (TPSA) is 70.5 Å². The van der Waals surface area contributed by atoms with E-state index in [-0.39, 0.29) is 17.9 Å². The van der Waals surface area contributed by atoms with Gasteiger partial charge in [-0.15, -0.1) is 0 Å². The van der Waals surface area contributed by atoms with Crippen molar-refractivity contribution >= 4 is 11.8 Å². The molecule has 0 bridgehead atoms. The number of aryl methyl sites for hydroxylation is 1. The van der Waals surface area contributed by atoms with Crippen LogP contribution >= 0.6 is 0 Å². The lowest BCUT2D eigenvalue weighted by molar-refractivity contribution is -0.121. The number of hydrogen-bond donors (Lipinski definition) is 1. The number of nitrogens with one attached hydrogen (secondary N) is 1. The standard InChI is InChI=1S/C27H37N5O2/c1-30-24(14-15-29-30)27(34)32-19-21-10-6-16-31-17-7-11-22(26(21)31)23(32)12-5-13-25(33)28-18-20-8-3-2-4-9-20/h2-4,8-9,14-15,21-23,26H,5-7,10-13,16-19H2,1H3,(H,28,33)/t21-,22+,23+,26-/m0/s1. The number of nitrogens with zero attached hydrogens (tertiary/aromatic N) is 4. The van der Waals surface area contributed by atoms with E-state index in [1.165, 1.54) is 38.8 Å². The first-order valence-electron chi connectivity index (χ1n) is 13.0. The normalized spacial score (nSPS) is 26.7. The number of amides is 2. The molecule has 0 radical (unpaired) electrons. The van der Waals surface area contributed by atoms with E-state index in [9.17, 15) is 9.59 Å². The van der Waals surface area contributed by atoms with E-state index < -0.39 is 0 Å². The summed E-state index contributed by atoms with van der Waals surface area (Å²) in [7, 11) is 1.84. The van der Waals surface area contributed by atoms with Crippen LogP contribution in [0.15, 0.2) is 42.6 Å². The van der Waals surface area contributed by atoms with Crippen molar-refractivity contribution in [2.75, 3.05) is 19.6 Å². The lowest BCUT2D eigenvalue weighted by atomic mass is 9.69. The Balaban J connectivity index is 1.27. The summed E-state index contributed by atoms with van der Waals surface area (Å²) in [5, 5.41) is 7.29. The van der Waals surface area contributed by atoms with Gasteiger partial charge in [0.1, 0.15) is 5.69 Å². The van der Waals surface area contributed by atoms with Crippen LogP contribution in [0.1, 0.15) is 61.0 Å². The predicted octanol–water partition coefficient (Wildman–Crippen LogP) is 3.22. The summed E-state index contributed by atoms with van der Waals surface area (Å²) >= 11 is 0. The monoisotopic (exact) mass is 463 g/mol. The van der Waals surface area contributed by atoms with Gasteiger partial charge in [0.05, 0.1) is 0 Å². The van der Waals surface area contributed by atoms with Crippen molar-refractivity contribution in [2.45, 2.75) is 63.6 Å². The SMILES string of the molecule is Cn1nccc1C(=O)N1C[C@@H]2CCCN3CCC[C@@H]([C@H]23)[C@H]1CCCC(=O)NCc1ccccc1. The van der Waals surface area contributed by atoms with Crippen LogP contribution < -0.4 is 5.32 Å². The lowest BCUT2D eigenvalue weighted by Gasteiger charge is -2.57. The molecule has 4 atom stereocenters. The molecule has 182 valence electrons. The minimum Gasteiger partial charge on any atom is -0.352 e. The van der Waals surface area contributed by atoms with Crippen molar-refractivity contribution in [3.05, 3.63) is 53.9 Å². The highest BCUT2D eigenvalue weighted by Crippen LogP contribution is 2.43. The van der Waals surface area contributed by atoms with Crippen molar-refractivity contribution in [1.29, 1.82) is 0 Å². The zero-order chi connectivity index (χ0) is 23.5. The summed E-state index contributed by atoms with van der Waals surface area (Å²) < 4.78 is 1.69. The fourth-order valence-corrected chi connectivity index (χ4v) is 6.69. The maximum Gasteiger partial charge on any atom is 0.272 e. The van der Waals surface area contributed by atoms with Crippen molar-refractivity contribution in [3.63, 3.8) is 0 Å².